The second kappa shape index (κ2) is 4.97. The molecule has 2 aromatic rings. The quantitative estimate of drug-likeness (QED) is 0.844. The number of anilines is 1. The van der Waals surface area contributed by atoms with Gasteiger partial charge in [-0.05, 0) is 30.7 Å². The molecule has 2 aromatic carbocycles. The fourth-order valence-corrected chi connectivity index (χ4v) is 3.59. The van der Waals surface area contributed by atoms with Gasteiger partial charge in [-0.1, -0.05) is 24.3 Å². The number of hydrogen-bond donors (Lipinski definition) is 2. The largest absolute Gasteiger partial charge is 0.478 e. The number of nitrogens with two attached hydrogens (primary N) is 1. The minimum Gasteiger partial charge on any atom is -0.478 e. The molecule has 20 heavy (non-hydrogen) atoms. The molecule has 0 saturated carbocycles. The van der Waals surface area contributed by atoms with Crippen LogP contribution in [0.15, 0.2) is 52.3 Å². The van der Waals surface area contributed by atoms with Crippen molar-refractivity contribution in [1.29, 1.82) is 0 Å². The highest BCUT2D eigenvalue weighted by Crippen LogP contribution is 2.29. The third-order valence-corrected chi connectivity index (χ3v) is 4.94. The molecule has 5 nitrogen and oxygen atoms in total. The number of sulfone groups is 1. The monoisotopic (exact) mass is 291 g/mol. The molecule has 0 heterocycles. The minimum absolute atomic E-state index is 0.120. The third kappa shape index (κ3) is 2.25. The van der Waals surface area contributed by atoms with Gasteiger partial charge in [-0.25, -0.2) is 13.2 Å². The van der Waals surface area contributed by atoms with Crippen LogP contribution in [0.2, 0.25) is 0 Å². The Bertz CT molecular complexity index is 782. The number of carboxylic acids is 1. The molecule has 0 aliphatic heterocycles. The Balaban J connectivity index is 2.71. The lowest BCUT2D eigenvalue weighted by Crippen LogP contribution is -2.11. The first-order valence-corrected chi connectivity index (χ1v) is 7.26. The van der Waals surface area contributed by atoms with E-state index in [4.69, 9.17) is 10.8 Å². The van der Waals surface area contributed by atoms with Gasteiger partial charge < -0.3 is 10.8 Å². The van der Waals surface area contributed by atoms with Crippen molar-refractivity contribution in [3.63, 3.8) is 0 Å². The summed E-state index contributed by atoms with van der Waals surface area (Å²) in [5, 5.41) is 9.01. The van der Waals surface area contributed by atoms with Crippen LogP contribution in [0.1, 0.15) is 15.9 Å². The highest BCUT2D eigenvalue weighted by molar-refractivity contribution is 7.91. The van der Waals surface area contributed by atoms with Crippen molar-refractivity contribution in [3.05, 3.63) is 53.6 Å². The molecule has 0 atom stereocenters. The molecule has 104 valence electrons. The normalized spacial score (nSPS) is 11.2. The van der Waals surface area contributed by atoms with Gasteiger partial charge in [-0.3, -0.25) is 0 Å². The maximum absolute atomic E-state index is 12.6. The Hall–Kier alpha value is -2.34. The molecule has 0 aliphatic carbocycles. The molecule has 3 N–H and O–H groups in total. The van der Waals surface area contributed by atoms with Gasteiger partial charge in [-0.2, -0.15) is 0 Å². The molecular weight excluding hydrogens is 278 g/mol. The van der Waals surface area contributed by atoms with Crippen molar-refractivity contribution in [2.24, 2.45) is 0 Å². The minimum atomic E-state index is -3.84. The van der Waals surface area contributed by atoms with E-state index in [0.29, 0.717) is 5.56 Å². The standard InChI is InChI=1S/C14H13NO4S/c1-9-5-2-3-7-11(9)20(18,19)12-8-4-6-10(13(12)15)14(16)17/h2-8H,15H2,1H3,(H,16,17). The van der Waals surface area contributed by atoms with Crippen molar-refractivity contribution in [2.45, 2.75) is 16.7 Å². The topological polar surface area (TPSA) is 97.5 Å². The van der Waals surface area contributed by atoms with Gasteiger partial charge in [0.1, 0.15) is 0 Å². The van der Waals surface area contributed by atoms with Gasteiger partial charge in [0.2, 0.25) is 9.84 Å². The van der Waals surface area contributed by atoms with Gasteiger partial charge in [0, 0.05) is 0 Å². The van der Waals surface area contributed by atoms with Gasteiger partial charge in [0.25, 0.3) is 0 Å². The van der Waals surface area contributed by atoms with Crippen molar-refractivity contribution in [1.82, 2.24) is 0 Å². The number of carbonyl (C=O) groups is 1. The van der Waals surface area contributed by atoms with E-state index >= 15 is 0 Å². The zero-order valence-corrected chi connectivity index (χ0v) is 11.5. The van der Waals surface area contributed by atoms with E-state index in [2.05, 4.69) is 0 Å². The van der Waals surface area contributed by atoms with Crippen molar-refractivity contribution < 1.29 is 18.3 Å². The Morgan fingerprint density at radius 1 is 1.05 bits per heavy atom. The van der Waals surface area contributed by atoms with E-state index in [0.717, 1.165) is 0 Å². The number of aryl methyl sites for hydroxylation is 1. The van der Waals surface area contributed by atoms with Gasteiger partial charge in [-0.15, -0.1) is 0 Å². The zero-order valence-electron chi connectivity index (χ0n) is 10.7. The predicted octanol–water partition coefficient (Wildman–Crippen LogP) is 2.11. The molecule has 0 unspecified atom stereocenters. The van der Waals surface area contributed by atoms with Gasteiger partial charge in [0.05, 0.1) is 21.0 Å². The SMILES string of the molecule is Cc1ccccc1S(=O)(=O)c1cccc(C(=O)O)c1N. The number of benzene rings is 2. The number of para-hydroxylation sites is 1. The third-order valence-electron chi connectivity index (χ3n) is 2.97. The Labute approximate surface area is 116 Å². The van der Waals surface area contributed by atoms with Crippen LogP contribution >= 0.6 is 0 Å². The van der Waals surface area contributed by atoms with Crippen LogP contribution in [-0.4, -0.2) is 19.5 Å². The van der Waals surface area contributed by atoms with Crippen LogP contribution in [0.4, 0.5) is 5.69 Å². The van der Waals surface area contributed by atoms with E-state index in [9.17, 15) is 13.2 Å². The van der Waals surface area contributed by atoms with E-state index in [-0.39, 0.29) is 21.0 Å². The molecule has 0 spiro atoms. The summed E-state index contributed by atoms with van der Waals surface area (Å²) in [6.07, 6.45) is 0. The molecule has 6 heteroatoms. The maximum Gasteiger partial charge on any atom is 0.337 e. The lowest BCUT2D eigenvalue weighted by Gasteiger charge is -2.11. The van der Waals surface area contributed by atoms with Gasteiger partial charge in [0.15, 0.2) is 0 Å². The zero-order chi connectivity index (χ0) is 14.9. The summed E-state index contributed by atoms with van der Waals surface area (Å²) in [7, 11) is -3.84. The van der Waals surface area contributed by atoms with Crippen molar-refractivity contribution in [3.8, 4) is 0 Å². The number of hydrogen-bond acceptors (Lipinski definition) is 4. The van der Waals surface area contributed by atoms with E-state index in [1.165, 1.54) is 24.3 Å². The van der Waals surface area contributed by atoms with Crippen LogP contribution in [-0.2, 0) is 9.84 Å². The summed E-state index contributed by atoms with van der Waals surface area (Å²) < 4.78 is 25.2. The van der Waals surface area contributed by atoms with E-state index in [1.54, 1.807) is 25.1 Å². The highest BCUT2D eigenvalue weighted by atomic mass is 32.2. The lowest BCUT2D eigenvalue weighted by atomic mass is 10.2. The Kier molecular flexibility index (Phi) is 3.50. The number of carboxylic acid groups (broad SMARTS) is 1. The summed E-state index contributed by atoms with van der Waals surface area (Å²) in [5.41, 5.74) is 5.80. The van der Waals surface area contributed by atoms with Crippen LogP contribution in [0.25, 0.3) is 0 Å². The second-order valence-corrected chi connectivity index (χ2v) is 6.18. The van der Waals surface area contributed by atoms with Crippen LogP contribution < -0.4 is 5.73 Å². The summed E-state index contributed by atoms with van der Waals surface area (Å²) >= 11 is 0. The van der Waals surface area contributed by atoms with Crippen molar-refractivity contribution in [2.75, 3.05) is 5.73 Å². The summed E-state index contributed by atoms with van der Waals surface area (Å²) in [6, 6.07) is 10.4. The average Bonchev–Trinajstić information content (AvgIpc) is 2.38. The van der Waals surface area contributed by atoms with Crippen molar-refractivity contribution >= 4 is 21.5 Å². The molecule has 0 bridgehead atoms. The molecular formula is C14H13NO4S. The first-order chi connectivity index (χ1) is 9.35. The number of aromatic carboxylic acids is 1. The Morgan fingerprint density at radius 3 is 2.25 bits per heavy atom. The Morgan fingerprint density at radius 2 is 1.65 bits per heavy atom. The summed E-state index contributed by atoms with van der Waals surface area (Å²) in [5.74, 6) is -1.26. The molecule has 0 fully saturated rings. The van der Waals surface area contributed by atoms with E-state index in [1.807, 2.05) is 0 Å². The fourth-order valence-electron chi connectivity index (χ4n) is 1.94. The lowest BCUT2D eigenvalue weighted by molar-refractivity contribution is 0.0698. The first-order valence-electron chi connectivity index (χ1n) is 5.78. The molecule has 2 rings (SSSR count). The molecule has 0 radical (unpaired) electrons. The average molecular weight is 291 g/mol. The fraction of sp³-hybridized carbons (Fsp3) is 0.0714. The number of rotatable bonds is 3. The summed E-state index contributed by atoms with van der Waals surface area (Å²) in [4.78, 5) is 11.0. The molecule has 0 amide bonds. The second-order valence-electron chi connectivity index (χ2n) is 4.29. The van der Waals surface area contributed by atoms with Crippen LogP contribution in [0, 0.1) is 6.92 Å². The van der Waals surface area contributed by atoms with Crippen LogP contribution in [0.5, 0.6) is 0 Å². The predicted molar refractivity (Wildman–Crippen MR) is 74.4 cm³/mol. The smallest absolute Gasteiger partial charge is 0.337 e. The first kappa shape index (κ1) is 14.1. The van der Waals surface area contributed by atoms with Crippen LogP contribution in [0.3, 0.4) is 0 Å². The molecule has 0 aromatic heterocycles. The number of nitrogen functional groups attached to an aromatic ring is 1. The van der Waals surface area contributed by atoms with Gasteiger partial charge >= 0.3 is 5.97 Å². The molecule has 0 aliphatic rings. The molecule has 0 saturated heterocycles. The maximum atomic E-state index is 12.6. The summed E-state index contributed by atoms with van der Waals surface area (Å²) in [6.45, 7) is 1.67. The van der Waals surface area contributed by atoms with E-state index < -0.39 is 15.8 Å². The highest BCUT2D eigenvalue weighted by Gasteiger charge is 2.24.